The number of imidazole rings is 1. The zero-order valence-electron chi connectivity index (χ0n) is 13.1. The lowest BCUT2D eigenvalue weighted by Crippen LogP contribution is -2.33. The molecule has 122 valence electrons. The van der Waals surface area contributed by atoms with Gasteiger partial charge in [-0.05, 0) is 35.4 Å². The van der Waals surface area contributed by atoms with Crippen LogP contribution >= 0.6 is 0 Å². The third kappa shape index (κ3) is 3.09. The topological polar surface area (TPSA) is 49.9 Å². The summed E-state index contributed by atoms with van der Waals surface area (Å²) in [5, 5.41) is 3.33. The van der Waals surface area contributed by atoms with Crippen molar-refractivity contribution in [1.82, 2.24) is 15.3 Å². The number of halogens is 1. The van der Waals surface area contributed by atoms with Crippen LogP contribution in [-0.4, -0.2) is 29.7 Å². The van der Waals surface area contributed by atoms with E-state index in [-0.39, 0.29) is 11.9 Å². The van der Waals surface area contributed by atoms with E-state index in [0.29, 0.717) is 0 Å². The van der Waals surface area contributed by atoms with E-state index in [9.17, 15) is 4.39 Å². The van der Waals surface area contributed by atoms with Gasteiger partial charge in [0.05, 0.1) is 24.6 Å². The first-order valence-electron chi connectivity index (χ1n) is 8.03. The Morgan fingerprint density at radius 2 is 1.75 bits per heavy atom. The number of hydrogen-bond donors (Lipinski definition) is 2. The van der Waals surface area contributed by atoms with E-state index in [1.807, 2.05) is 12.1 Å². The molecule has 0 aliphatic carbocycles. The Bertz CT molecular complexity index is 805. The van der Waals surface area contributed by atoms with Crippen LogP contribution in [0.15, 0.2) is 54.7 Å². The zero-order valence-corrected chi connectivity index (χ0v) is 13.1. The Kier molecular flexibility index (Phi) is 4.11. The molecule has 1 aliphatic heterocycles. The molecule has 1 saturated heterocycles. The molecule has 24 heavy (non-hydrogen) atoms. The number of morpholine rings is 1. The summed E-state index contributed by atoms with van der Waals surface area (Å²) in [7, 11) is 0. The van der Waals surface area contributed by atoms with Crippen LogP contribution in [0.4, 0.5) is 4.39 Å². The maximum atomic E-state index is 13.0. The molecule has 0 bridgehead atoms. The molecule has 2 N–H and O–H groups in total. The summed E-state index contributed by atoms with van der Waals surface area (Å²) < 4.78 is 18.8. The van der Waals surface area contributed by atoms with Crippen molar-refractivity contribution in [3.05, 3.63) is 66.1 Å². The van der Waals surface area contributed by atoms with Crippen LogP contribution in [0.3, 0.4) is 0 Å². The van der Waals surface area contributed by atoms with Crippen LogP contribution in [0.5, 0.6) is 0 Å². The summed E-state index contributed by atoms with van der Waals surface area (Å²) in [6.07, 6.45) is 1.88. The van der Waals surface area contributed by atoms with Crippen LogP contribution in [0.2, 0.25) is 0 Å². The lowest BCUT2D eigenvalue weighted by molar-refractivity contribution is 0.0277. The quantitative estimate of drug-likeness (QED) is 0.775. The average Bonchev–Trinajstić information content (AvgIpc) is 3.13. The first kappa shape index (κ1) is 15.1. The largest absolute Gasteiger partial charge is 0.371 e. The molecule has 0 amide bonds. The molecule has 0 radical (unpaired) electrons. The van der Waals surface area contributed by atoms with Crippen LogP contribution in [0.25, 0.3) is 22.6 Å². The number of hydrogen-bond acceptors (Lipinski definition) is 3. The van der Waals surface area contributed by atoms with Crippen LogP contribution in [0, 0.1) is 5.82 Å². The Hall–Kier alpha value is -2.50. The van der Waals surface area contributed by atoms with E-state index in [0.717, 1.165) is 47.9 Å². The van der Waals surface area contributed by atoms with Crippen LogP contribution in [-0.2, 0) is 4.74 Å². The van der Waals surface area contributed by atoms with Crippen molar-refractivity contribution in [2.75, 3.05) is 19.7 Å². The minimum Gasteiger partial charge on any atom is -0.371 e. The summed E-state index contributed by atoms with van der Waals surface area (Å²) in [5.41, 5.74) is 3.95. The molecule has 5 heteroatoms. The lowest BCUT2D eigenvalue weighted by atomic mass is 10.1. The second kappa shape index (κ2) is 6.55. The van der Waals surface area contributed by atoms with Crippen molar-refractivity contribution in [2.24, 2.45) is 0 Å². The first-order chi connectivity index (χ1) is 11.8. The number of rotatable bonds is 3. The third-order valence-electron chi connectivity index (χ3n) is 4.21. The van der Waals surface area contributed by atoms with Crippen molar-refractivity contribution in [3.8, 4) is 22.6 Å². The van der Waals surface area contributed by atoms with E-state index >= 15 is 0 Å². The van der Waals surface area contributed by atoms with Gasteiger partial charge in [0, 0.05) is 18.7 Å². The smallest absolute Gasteiger partial charge is 0.137 e. The second-order valence-corrected chi connectivity index (χ2v) is 5.84. The highest BCUT2D eigenvalue weighted by Gasteiger charge is 2.15. The number of nitrogens with one attached hydrogen (secondary N) is 2. The van der Waals surface area contributed by atoms with Gasteiger partial charge >= 0.3 is 0 Å². The fourth-order valence-corrected chi connectivity index (χ4v) is 2.88. The normalized spacial score (nSPS) is 17.8. The van der Waals surface area contributed by atoms with Crippen molar-refractivity contribution in [3.63, 3.8) is 0 Å². The average molecular weight is 323 g/mol. The van der Waals surface area contributed by atoms with Gasteiger partial charge < -0.3 is 15.0 Å². The molecule has 2 heterocycles. The molecule has 1 aromatic heterocycles. The van der Waals surface area contributed by atoms with Crippen molar-refractivity contribution in [2.45, 2.75) is 6.10 Å². The number of aromatic nitrogens is 2. The standard InChI is InChI=1S/C19H18FN3O/c20-16-7-5-13(6-8-16)17-11-22-19(23-17)15-3-1-14(2-4-15)18-12-21-9-10-24-18/h1-8,11,18,21H,9-10,12H2,(H,22,23)/t18-/m0/s1. The summed E-state index contributed by atoms with van der Waals surface area (Å²) in [6.45, 7) is 2.49. The molecular weight excluding hydrogens is 305 g/mol. The zero-order chi connectivity index (χ0) is 16.4. The molecule has 1 fully saturated rings. The van der Waals surface area contributed by atoms with Crippen LogP contribution in [0.1, 0.15) is 11.7 Å². The molecule has 0 saturated carbocycles. The number of aromatic amines is 1. The van der Waals surface area contributed by atoms with E-state index in [1.165, 1.54) is 12.1 Å². The van der Waals surface area contributed by atoms with Gasteiger partial charge in [-0.25, -0.2) is 9.37 Å². The minimum atomic E-state index is -0.242. The number of benzene rings is 2. The van der Waals surface area contributed by atoms with Crippen LogP contribution < -0.4 is 5.32 Å². The highest BCUT2D eigenvalue weighted by molar-refractivity contribution is 5.64. The summed E-state index contributed by atoms with van der Waals surface area (Å²) >= 11 is 0. The highest BCUT2D eigenvalue weighted by Crippen LogP contribution is 2.25. The maximum absolute atomic E-state index is 13.0. The molecule has 3 aromatic rings. The fourth-order valence-electron chi connectivity index (χ4n) is 2.88. The van der Waals surface area contributed by atoms with E-state index < -0.39 is 0 Å². The molecule has 1 aliphatic rings. The lowest BCUT2D eigenvalue weighted by Gasteiger charge is -2.24. The molecule has 2 aromatic carbocycles. The van der Waals surface area contributed by atoms with Gasteiger partial charge in [0.25, 0.3) is 0 Å². The van der Waals surface area contributed by atoms with Gasteiger partial charge in [0.1, 0.15) is 11.6 Å². The van der Waals surface area contributed by atoms with E-state index in [2.05, 4.69) is 27.4 Å². The van der Waals surface area contributed by atoms with Gasteiger partial charge in [-0.2, -0.15) is 0 Å². The van der Waals surface area contributed by atoms with Gasteiger partial charge in [-0.15, -0.1) is 0 Å². The number of ether oxygens (including phenoxy) is 1. The number of nitrogens with zero attached hydrogens (tertiary/aromatic N) is 1. The first-order valence-corrected chi connectivity index (χ1v) is 8.03. The Morgan fingerprint density at radius 1 is 1.00 bits per heavy atom. The molecule has 4 rings (SSSR count). The predicted octanol–water partition coefficient (Wildman–Crippen LogP) is 3.54. The number of H-pyrrole nitrogens is 1. The Morgan fingerprint density at radius 3 is 2.46 bits per heavy atom. The summed E-state index contributed by atoms with van der Waals surface area (Å²) in [4.78, 5) is 7.72. The fraction of sp³-hybridized carbons (Fsp3) is 0.211. The third-order valence-corrected chi connectivity index (χ3v) is 4.21. The molecular formula is C19H18FN3O. The van der Waals surface area contributed by atoms with Gasteiger partial charge in [-0.1, -0.05) is 24.3 Å². The van der Waals surface area contributed by atoms with Crippen molar-refractivity contribution < 1.29 is 9.13 Å². The van der Waals surface area contributed by atoms with E-state index in [1.54, 1.807) is 18.3 Å². The Balaban J connectivity index is 1.54. The maximum Gasteiger partial charge on any atom is 0.137 e. The SMILES string of the molecule is Fc1ccc(-c2cnc(-c3ccc([C@@H]4CNCCO4)cc3)[nH]2)cc1. The van der Waals surface area contributed by atoms with Gasteiger partial charge in [-0.3, -0.25) is 0 Å². The Labute approximate surface area is 139 Å². The van der Waals surface area contributed by atoms with Crippen molar-refractivity contribution >= 4 is 0 Å². The molecule has 1 atom stereocenters. The second-order valence-electron chi connectivity index (χ2n) is 5.84. The van der Waals surface area contributed by atoms with Gasteiger partial charge in [0.2, 0.25) is 0 Å². The predicted molar refractivity (Wildman–Crippen MR) is 91.0 cm³/mol. The summed E-state index contributed by atoms with van der Waals surface area (Å²) in [6, 6.07) is 14.6. The molecule has 0 unspecified atom stereocenters. The monoisotopic (exact) mass is 323 g/mol. The summed E-state index contributed by atoms with van der Waals surface area (Å²) in [5.74, 6) is 0.553. The van der Waals surface area contributed by atoms with Crippen molar-refractivity contribution in [1.29, 1.82) is 0 Å². The molecule has 4 nitrogen and oxygen atoms in total. The minimum absolute atomic E-state index is 0.110. The van der Waals surface area contributed by atoms with Gasteiger partial charge in [0.15, 0.2) is 0 Å². The van der Waals surface area contributed by atoms with E-state index in [4.69, 9.17) is 4.74 Å². The highest BCUT2D eigenvalue weighted by atomic mass is 19.1. The molecule has 0 spiro atoms.